The zero-order valence-corrected chi connectivity index (χ0v) is 13.5. The summed E-state index contributed by atoms with van der Waals surface area (Å²) in [6.07, 6.45) is 3.94. The van der Waals surface area contributed by atoms with Crippen molar-refractivity contribution < 1.29 is 13.3 Å². The van der Waals surface area contributed by atoms with E-state index in [-0.39, 0.29) is 22.5 Å². The van der Waals surface area contributed by atoms with Gasteiger partial charge < -0.3 is 5.32 Å². The summed E-state index contributed by atoms with van der Waals surface area (Å²) < 4.78 is 26.9. The Morgan fingerprint density at radius 2 is 2.18 bits per heavy atom. The summed E-state index contributed by atoms with van der Waals surface area (Å²) in [5, 5.41) is 14.4. The van der Waals surface area contributed by atoms with Gasteiger partial charge in [-0.2, -0.15) is 0 Å². The third-order valence-corrected chi connectivity index (χ3v) is 5.35. The second-order valence-corrected chi connectivity index (χ2v) is 7.37. The van der Waals surface area contributed by atoms with Crippen LogP contribution in [0.1, 0.15) is 25.7 Å². The van der Waals surface area contributed by atoms with E-state index in [0.29, 0.717) is 6.42 Å². The predicted molar refractivity (Wildman–Crippen MR) is 83.6 cm³/mol. The Morgan fingerprint density at radius 3 is 2.82 bits per heavy atom. The molecule has 0 radical (unpaired) electrons. The fourth-order valence-corrected chi connectivity index (χ4v) is 3.84. The number of rotatable bonds is 6. The molecule has 7 nitrogen and oxygen atoms in total. The monoisotopic (exact) mass is 347 g/mol. The Balaban J connectivity index is 2.05. The molecule has 2 rings (SSSR count). The largest absolute Gasteiger partial charge is 0.314 e. The van der Waals surface area contributed by atoms with Gasteiger partial charge >= 0.3 is 0 Å². The van der Waals surface area contributed by atoms with Gasteiger partial charge in [-0.1, -0.05) is 18.0 Å². The molecule has 0 aliphatic carbocycles. The zero-order chi connectivity index (χ0) is 16.2. The van der Waals surface area contributed by atoms with Crippen LogP contribution in [0.2, 0.25) is 5.02 Å². The van der Waals surface area contributed by atoms with Crippen LogP contribution in [0, 0.1) is 10.1 Å². The molecule has 1 saturated heterocycles. The molecule has 9 heteroatoms. The van der Waals surface area contributed by atoms with Gasteiger partial charge in [0, 0.05) is 23.7 Å². The van der Waals surface area contributed by atoms with Gasteiger partial charge in [0.05, 0.1) is 4.92 Å². The number of sulfonamides is 1. The predicted octanol–water partition coefficient (Wildman–Crippen LogP) is 2.06. The van der Waals surface area contributed by atoms with Crippen LogP contribution >= 0.6 is 11.6 Å². The van der Waals surface area contributed by atoms with E-state index in [0.717, 1.165) is 37.9 Å². The first-order chi connectivity index (χ1) is 10.4. The first kappa shape index (κ1) is 17.1. The second kappa shape index (κ2) is 7.36. The average molecular weight is 348 g/mol. The Labute approximate surface area is 134 Å². The molecule has 1 aromatic carbocycles. The number of benzene rings is 1. The van der Waals surface area contributed by atoms with Crippen LogP contribution in [0.4, 0.5) is 5.69 Å². The number of nitrogens with zero attached hydrogens (tertiary/aromatic N) is 1. The van der Waals surface area contributed by atoms with E-state index in [1.165, 1.54) is 6.07 Å². The normalized spacial score (nSPS) is 19.0. The summed E-state index contributed by atoms with van der Waals surface area (Å²) in [4.78, 5) is 9.88. The molecule has 1 heterocycles. The van der Waals surface area contributed by atoms with E-state index in [2.05, 4.69) is 10.0 Å². The van der Waals surface area contributed by atoms with Crippen LogP contribution in [0.25, 0.3) is 0 Å². The molecule has 1 unspecified atom stereocenters. The summed E-state index contributed by atoms with van der Waals surface area (Å²) in [7, 11) is -3.93. The van der Waals surface area contributed by atoms with Crippen molar-refractivity contribution in [3.63, 3.8) is 0 Å². The van der Waals surface area contributed by atoms with E-state index in [4.69, 9.17) is 11.6 Å². The molecule has 1 fully saturated rings. The fourth-order valence-electron chi connectivity index (χ4n) is 2.48. The van der Waals surface area contributed by atoms with Crippen LogP contribution in [-0.4, -0.2) is 32.5 Å². The molecule has 1 aliphatic rings. The molecular formula is C13H18ClN3O4S. The number of nitro groups is 1. The van der Waals surface area contributed by atoms with Crippen molar-refractivity contribution in [2.75, 3.05) is 13.1 Å². The molecule has 0 spiro atoms. The van der Waals surface area contributed by atoms with Gasteiger partial charge in [0.1, 0.15) is 0 Å². The van der Waals surface area contributed by atoms with Crippen LogP contribution in [0.3, 0.4) is 0 Å². The maximum absolute atomic E-state index is 12.2. The van der Waals surface area contributed by atoms with E-state index in [1.54, 1.807) is 0 Å². The number of halogens is 1. The Bertz CT molecular complexity index is 645. The maximum Gasteiger partial charge on any atom is 0.290 e. The third-order valence-electron chi connectivity index (χ3n) is 3.60. The maximum atomic E-state index is 12.2. The average Bonchev–Trinajstić information content (AvgIpc) is 2.47. The molecule has 0 bridgehead atoms. The Kier molecular flexibility index (Phi) is 5.74. The van der Waals surface area contributed by atoms with E-state index in [1.807, 2.05) is 0 Å². The van der Waals surface area contributed by atoms with Gasteiger partial charge in [0.25, 0.3) is 5.69 Å². The van der Waals surface area contributed by atoms with Crippen molar-refractivity contribution >= 4 is 27.3 Å². The standard InChI is InChI=1S/C13H18ClN3O4S/c14-10-4-5-13(12(9-10)17(18)19)22(20,21)16-8-6-11-3-1-2-7-15-11/h4-5,9,11,15-16H,1-3,6-8H2. The highest BCUT2D eigenvalue weighted by molar-refractivity contribution is 7.89. The minimum atomic E-state index is -3.93. The minimum Gasteiger partial charge on any atom is -0.314 e. The minimum absolute atomic E-state index is 0.122. The molecule has 2 N–H and O–H groups in total. The highest BCUT2D eigenvalue weighted by Gasteiger charge is 2.26. The number of piperidine rings is 1. The molecule has 1 aliphatic heterocycles. The van der Waals surface area contributed by atoms with Crippen LogP contribution in [0.5, 0.6) is 0 Å². The number of hydrogen-bond acceptors (Lipinski definition) is 5. The van der Waals surface area contributed by atoms with Gasteiger partial charge in [-0.05, 0) is 37.9 Å². The summed E-state index contributed by atoms with van der Waals surface area (Å²) >= 11 is 5.69. The topological polar surface area (TPSA) is 101 Å². The second-order valence-electron chi connectivity index (χ2n) is 5.20. The number of nitro benzene ring substituents is 1. The highest BCUT2D eigenvalue weighted by atomic mass is 35.5. The van der Waals surface area contributed by atoms with E-state index >= 15 is 0 Å². The van der Waals surface area contributed by atoms with Gasteiger partial charge in [-0.3, -0.25) is 10.1 Å². The lowest BCUT2D eigenvalue weighted by atomic mass is 10.0. The third kappa shape index (κ3) is 4.39. The first-order valence-corrected chi connectivity index (χ1v) is 8.93. The summed E-state index contributed by atoms with van der Waals surface area (Å²) in [5.41, 5.74) is -0.518. The van der Waals surface area contributed by atoms with E-state index in [9.17, 15) is 18.5 Å². The van der Waals surface area contributed by atoms with Gasteiger partial charge in [0.2, 0.25) is 10.0 Å². The van der Waals surface area contributed by atoms with Crippen LogP contribution in [0.15, 0.2) is 23.1 Å². The smallest absolute Gasteiger partial charge is 0.290 e. The lowest BCUT2D eigenvalue weighted by molar-refractivity contribution is -0.387. The molecule has 1 atom stereocenters. The van der Waals surface area contributed by atoms with Crippen molar-refractivity contribution in [2.24, 2.45) is 0 Å². The number of hydrogen-bond donors (Lipinski definition) is 2. The quantitative estimate of drug-likeness (QED) is 0.605. The zero-order valence-electron chi connectivity index (χ0n) is 11.9. The fraction of sp³-hybridized carbons (Fsp3) is 0.538. The summed E-state index contributed by atoms with van der Waals surface area (Å²) in [5.74, 6) is 0. The molecule has 22 heavy (non-hydrogen) atoms. The van der Waals surface area contributed by atoms with Crippen molar-refractivity contribution in [1.82, 2.24) is 10.0 Å². The van der Waals surface area contributed by atoms with Gasteiger partial charge in [0.15, 0.2) is 4.90 Å². The molecular weight excluding hydrogens is 330 g/mol. The molecule has 0 aromatic heterocycles. The number of nitrogens with one attached hydrogen (secondary N) is 2. The lowest BCUT2D eigenvalue weighted by Crippen LogP contribution is -2.37. The molecule has 0 saturated carbocycles. The lowest BCUT2D eigenvalue weighted by Gasteiger charge is -2.23. The van der Waals surface area contributed by atoms with Crippen LogP contribution < -0.4 is 10.0 Å². The van der Waals surface area contributed by atoms with Crippen molar-refractivity contribution in [1.29, 1.82) is 0 Å². The van der Waals surface area contributed by atoms with Gasteiger partial charge in [-0.25, -0.2) is 13.1 Å². The van der Waals surface area contributed by atoms with Gasteiger partial charge in [-0.15, -0.1) is 0 Å². The highest BCUT2D eigenvalue weighted by Crippen LogP contribution is 2.27. The SMILES string of the molecule is O=[N+]([O-])c1cc(Cl)ccc1S(=O)(=O)NCCC1CCCCN1. The molecule has 0 amide bonds. The van der Waals surface area contributed by atoms with Crippen LogP contribution in [-0.2, 0) is 10.0 Å². The molecule has 1 aromatic rings. The Morgan fingerprint density at radius 1 is 1.41 bits per heavy atom. The van der Waals surface area contributed by atoms with E-state index < -0.39 is 20.6 Å². The van der Waals surface area contributed by atoms with Crippen molar-refractivity contribution in [2.45, 2.75) is 36.6 Å². The Hall–Kier alpha value is -1.22. The summed E-state index contributed by atoms with van der Waals surface area (Å²) in [6.45, 7) is 1.18. The van der Waals surface area contributed by atoms with Crippen molar-refractivity contribution in [3.8, 4) is 0 Å². The molecule has 122 valence electrons. The van der Waals surface area contributed by atoms with Crippen molar-refractivity contribution in [3.05, 3.63) is 33.3 Å². The first-order valence-electron chi connectivity index (χ1n) is 7.07. The summed E-state index contributed by atoms with van der Waals surface area (Å²) in [6, 6.07) is 3.81.